The maximum atomic E-state index is 14.1. The first-order chi connectivity index (χ1) is 14.8. The molecule has 1 atom stereocenters. The molecule has 1 aliphatic rings. The first kappa shape index (κ1) is 23.5. The molecule has 3 aromatic rings. The Labute approximate surface area is 185 Å². The van der Waals surface area contributed by atoms with Crippen molar-refractivity contribution in [2.45, 2.75) is 26.3 Å². The van der Waals surface area contributed by atoms with E-state index in [0.29, 0.717) is 29.7 Å². The number of aryl methyl sites for hydroxylation is 1. The molecule has 2 heterocycles. The summed E-state index contributed by atoms with van der Waals surface area (Å²) in [5.41, 5.74) is 1.26. The van der Waals surface area contributed by atoms with Gasteiger partial charge in [-0.05, 0) is 43.9 Å². The van der Waals surface area contributed by atoms with Gasteiger partial charge in [0.25, 0.3) is 5.56 Å². The zero-order chi connectivity index (χ0) is 22.1. The number of pyridine rings is 1. The van der Waals surface area contributed by atoms with Crippen LogP contribution in [0, 0.1) is 24.5 Å². The van der Waals surface area contributed by atoms with Crippen molar-refractivity contribution in [2.24, 2.45) is 5.92 Å². The van der Waals surface area contributed by atoms with Crippen molar-refractivity contribution in [1.82, 2.24) is 14.5 Å². The number of hydrogen-bond acceptors (Lipinski definition) is 5. The quantitative estimate of drug-likeness (QED) is 0.577. The summed E-state index contributed by atoms with van der Waals surface area (Å²) in [7, 11) is -1.42. The molecule has 8 nitrogen and oxygen atoms in total. The highest BCUT2D eigenvalue weighted by atomic mass is 32.2. The molecule has 170 valence electrons. The number of anilines is 1. The molecular formula is C21H22F2N4O4S. The third kappa shape index (κ3) is 5.35. The highest BCUT2D eigenvalue weighted by Gasteiger charge is 2.23. The van der Waals surface area contributed by atoms with E-state index in [0.717, 1.165) is 18.9 Å². The van der Waals surface area contributed by atoms with Crippen LogP contribution in [-0.2, 0) is 17.5 Å². The smallest absolute Gasteiger partial charge is 0.253 e. The third-order valence-electron chi connectivity index (χ3n) is 4.79. The van der Waals surface area contributed by atoms with Crippen molar-refractivity contribution in [3.05, 3.63) is 64.2 Å². The molecule has 0 bridgehead atoms. The average Bonchev–Trinajstić information content (AvgIpc) is 3.52. The van der Waals surface area contributed by atoms with Crippen molar-refractivity contribution >= 4 is 16.9 Å². The molecule has 1 aromatic carbocycles. The van der Waals surface area contributed by atoms with Crippen molar-refractivity contribution in [3.63, 3.8) is 0 Å². The van der Waals surface area contributed by atoms with E-state index in [4.69, 9.17) is 4.74 Å². The van der Waals surface area contributed by atoms with Crippen molar-refractivity contribution < 1.29 is 23.2 Å². The summed E-state index contributed by atoms with van der Waals surface area (Å²) in [6, 6.07) is 4.62. The molecule has 1 unspecified atom stereocenters. The van der Waals surface area contributed by atoms with E-state index < -0.39 is 22.6 Å². The second-order valence-corrected chi connectivity index (χ2v) is 8.56. The fraction of sp³-hybridized carbons (Fsp3) is 0.286. The number of rotatable bonds is 7. The van der Waals surface area contributed by atoms with Gasteiger partial charge < -0.3 is 14.8 Å². The lowest BCUT2D eigenvalue weighted by Gasteiger charge is -2.14. The standard InChI is InChI=1S/C21H20F2N4O3S.H2O/c1-12-7-14(11-27(20(12)28)10-13-3-4-13)19-18(9-24-21(25-19)26-31(2)29)30-17-6-5-15(22)8-16(17)23;/h5-9,11,13H,3-4,10H2,1-2H3,(H,24,25,26);1H2. The van der Waals surface area contributed by atoms with Gasteiger partial charge in [0.2, 0.25) is 5.95 Å². The van der Waals surface area contributed by atoms with Crippen LogP contribution in [0.25, 0.3) is 11.3 Å². The first-order valence-corrected chi connectivity index (χ1v) is 11.2. The molecule has 1 fully saturated rings. The van der Waals surface area contributed by atoms with Crippen LogP contribution in [0.2, 0.25) is 0 Å². The van der Waals surface area contributed by atoms with Crippen molar-refractivity contribution in [2.75, 3.05) is 11.0 Å². The van der Waals surface area contributed by atoms with Crippen LogP contribution in [0.5, 0.6) is 11.5 Å². The second-order valence-electron chi connectivity index (χ2n) is 7.45. The number of nitrogens with one attached hydrogen (secondary N) is 1. The lowest BCUT2D eigenvalue weighted by atomic mass is 10.1. The summed E-state index contributed by atoms with van der Waals surface area (Å²) >= 11 is 0. The van der Waals surface area contributed by atoms with Gasteiger partial charge in [0, 0.05) is 36.2 Å². The Morgan fingerprint density at radius 3 is 2.66 bits per heavy atom. The van der Waals surface area contributed by atoms with E-state index in [1.165, 1.54) is 18.5 Å². The molecule has 0 aliphatic heterocycles. The number of benzene rings is 1. The van der Waals surface area contributed by atoms with Crippen LogP contribution >= 0.6 is 0 Å². The van der Waals surface area contributed by atoms with Gasteiger partial charge >= 0.3 is 0 Å². The Morgan fingerprint density at radius 1 is 1.25 bits per heavy atom. The zero-order valence-corrected chi connectivity index (χ0v) is 18.2. The Bertz CT molecular complexity index is 1230. The molecule has 0 saturated heterocycles. The number of hydrogen-bond donors (Lipinski definition) is 1. The van der Waals surface area contributed by atoms with Crippen molar-refractivity contribution in [1.29, 1.82) is 0 Å². The fourth-order valence-corrected chi connectivity index (χ4v) is 3.49. The predicted octanol–water partition coefficient (Wildman–Crippen LogP) is 2.97. The van der Waals surface area contributed by atoms with Crippen LogP contribution in [-0.4, -0.2) is 30.5 Å². The Balaban J connectivity index is 0.00000289. The van der Waals surface area contributed by atoms with E-state index >= 15 is 0 Å². The summed E-state index contributed by atoms with van der Waals surface area (Å²) < 4.78 is 48.9. The van der Waals surface area contributed by atoms with E-state index in [1.54, 1.807) is 23.8 Å². The van der Waals surface area contributed by atoms with Crippen LogP contribution in [0.3, 0.4) is 0 Å². The molecule has 1 saturated carbocycles. The second kappa shape index (κ2) is 9.53. The van der Waals surface area contributed by atoms with Crippen LogP contribution in [0.1, 0.15) is 18.4 Å². The summed E-state index contributed by atoms with van der Waals surface area (Å²) in [5, 5.41) is 0. The average molecular weight is 464 g/mol. The Hall–Kier alpha value is -3.18. The van der Waals surface area contributed by atoms with Gasteiger partial charge in [0.15, 0.2) is 17.3 Å². The minimum atomic E-state index is -1.42. The Kier molecular flexibility index (Phi) is 6.99. The summed E-state index contributed by atoms with van der Waals surface area (Å²) in [4.78, 5) is 21.0. The molecule has 1 aliphatic carbocycles. The lowest BCUT2D eigenvalue weighted by Crippen LogP contribution is -2.22. The summed E-state index contributed by atoms with van der Waals surface area (Å²) in [5.74, 6) is -1.14. The number of halogens is 2. The minimum Gasteiger partial charge on any atom is -0.450 e. The molecule has 32 heavy (non-hydrogen) atoms. The normalized spacial score (nSPS) is 13.9. The molecule has 4 rings (SSSR count). The molecule has 0 amide bonds. The van der Waals surface area contributed by atoms with Gasteiger partial charge in [0.1, 0.15) is 22.5 Å². The Morgan fingerprint density at radius 2 is 2.00 bits per heavy atom. The van der Waals surface area contributed by atoms with E-state index in [2.05, 4.69) is 14.7 Å². The van der Waals surface area contributed by atoms with Gasteiger partial charge in [-0.15, -0.1) is 0 Å². The van der Waals surface area contributed by atoms with Crippen LogP contribution in [0.4, 0.5) is 14.7 Å². The van der Waals surface area contributed by atoms with Gasteiger partial charge in [-0.2, -0.15) is 0 Å². The lowest BCUT2D eigenvalue weighted by molar-refractivity contribution is 0.436. The summed E-state index contributed by atoms with van der Waals surface area (Å²) in [6.07, 6.45) is 6.58. The minimum absolute atomic E-state index is 0. The maximum absolute atomic E-state index is 14.1. The van der Waals surface area contributed by atoms with E-state index in [9.17, 15) is 17.8 Å². The monoisotopic (exact) mass is 464 g/mol. The zero-order valence-electron chi connectivity index (χ0n) is 17.4. The topological polar surface area (TPSA) is 118 Å². The van der Waals surface area contributed by atoms with Gasteiger partial charge in [-0.1, -0.05) is 0 Å². The summed E-state index contributed by atoms with van der Waals surface area (Å²) in [6.45, 7) is 2.31. The highest BCUT2D eigenvalue weighted by molar-refractivity contribution is 7.85. The molecule has 2 aromatic heterocycles. The number of nitrogens with zero attached hydrogens (tertiary/aromatic N) is 3. The SMILES string of the molecule is Cc1cc(-c2nc(NS(C)=O)ncc2Oc2ccc(F)cc2F)cn(CC2CC2)c1=O.O. The number of aromatic nitrogens is 3. The maximum Gasteiger partial charge on any atom is 0.253 e. The van der Waals surface area contributed by atoms with Gasteiger partial charge in [-0.3, -0.25) is 9.52 Å². The fourth-order valence-electron chi connectivity index (χ4n) is 3.14. The number of ether oxygens (including phenoxy) is 1. The largest absolute Gasteiger partial charge is 0.450 e. The van der Waals surface area contributed by atoms with E-state index in [1.807, 2.05) is 0 Å². The predicted molar refractivity (Wildman–Crippen MR) is 117 cm³/mol. The molecule has 11 heteroatoms. The third-order valence-corrected chi connectivity index (χ3v) is 5.26. The van der Waals surface area contributed by atoms with Crippen molar-refractivity contribution in [3.8, 4) is 22.8 Å². The molecule has 0 spiro atoms. The highest BCUT2D eigenvalue weighted by Crippen LogP contribution is 2.34. The first-order valence-electron chi connectivity index (χ1n) is 9.61. The van der Waals surface area contributed by atoms with Gasteiger partial charge in [0.05, 0.1) is 6.20 Å². The molecular weight excluding hydrogens is 442 g/mol. The van der Waals surface area contributed by atoms with Crippen LogP contribution in [0.15, 0.2) is 41.5 Å². The van der Waals surface area contributed by atoms with Gasteiger partial charge in [-0.25, -0.2) is 23.0 Å². The van der Waals surface area contributed by atoms with E-state index in [-0.39, 0.29) is 34.2 Å². The van der Waals surface area contributed by atoms with Crippen LogP contribution < -0.4 is 15.0 Å². The molecule has 0 radical (unpaired) electrons. The molecule has 3 N–H and O–H groups in total.